The number of aromatic amines is 1. The van der Waals surface area contributed by atoms with Gasteiger partial charge in [-0.05, 0) is 44.4 Å². The van der Waals surface area contributed by atoms with Crippen molar-refractivity contribution in [3.05, 3.63) is 52.6 Å². The van der Waals surface area contributed by atoms with Crippen LogP contribution >= 0.6 is 7.75 Å². The second kappa shape index (κ2) is 13.7. The van der Waals surface area contributed by atoms with Gasteiger partial charge in [0.25, 0.3) is 5.56 Å². The number of aromatic nitrogens is 4. The molecule has 0 aliphatic heterocycles. The molecular weight excluding hydrogens is 591 g/mol. The van der Waals surface area contributed by atoms with Crippen LogP contribution in [0.2, 0.25) is 0 Å². The summed E-state index contributed by atoms with van der Waals surface area (Å²) in [7, 11) is -4.19. The Balaban J connectivity index is 1.60. The molecule has 1 fully saturated rings. The third kappa shape index (κ3) is 8.13. The molecule has 44 heavy (non-hydrogen) atoms. The Morgan fingerprint density at radius 1 is 1.18 bits per heavy atom. The third-order valence-corrected chi connectivity index (χ3v) is 8.61. The molecule has 1 saturated carbocycles. The second-order valence-corrected chi connectivity index (χ2v) is 12.9. The number of nitrogens with two attached hydrogens (primary N) is 1. The van der Waals surface area contributed by atoms with E-state index < -0.39 is 36.7 Å². The molecule has 2 aromatic heterocycles. The molecule has 0 bridgehead atoms. The topological polar surface area (TPSA) is 190 Å². The minimum absolute atomic E-state index is 0.0688. The molecule has 0 radical (unpaired) electrons. The fourth-order valence-electron chi connectivity index (χ4n) is 4.39. The van der Waals surface area contributed by atoms with Gasteiger partial charge >= 0.3 is 19.7 Å². The number of benzene rings is 1. The van der Waals surface area contributed by atoms with E-state index in [9.17, 15) is 18.9 Å². The van der Waals surface area contributed by atoms with Crippen LogP contribution in [-0.2, 0) is 28.2 Å². The van der Waals surface area contributed by atoms with Gasteiger partial charge in [-0.3, -0.25) is 28.5 Å². The number of hydrogen-bond acceptors (Lipinski definition) is 11. The first-order valence-corrected chi connectivity index (χ1v) is 16.0. The lowest BCUT2D eigenvalue weighted by Crippen LogP contribution is -2.37. The molecule has 3 aromatic rings. The maximum absolute atomic E-state index is 14.1. The van der Waals surface area contributed by atoms with Crippen LogP contribution in [0, 0.1) is 11.3 Å². The van der Waals surface area contributed by atoms with Crippen LogP contribution in [-0.4, -0.2) is 56.8 Å². The maximum atomic E-state index is 14.1. The van der Waals surface area contributed by atoms with Crippen molar-refractivity contribution in [3.8, 4) is 5.75 Å². The minimum atomic E-state index is -4.19. The zero-order chi connectivity index (χ0) is 32.1. The van der Waals surface area contributed by atoms with Gasteiger partial charge in [0.15, 0.2) is 11.2 Å². The van der Waals surface area contributed by atoms with Gasteiger partial charge in [-0.1, -0.05) is 45.4 Å². The van der Waals surface area contributed by atoms with Crippen molar-refractivity contribution in [2.45, 2.75) is 66.0 Å². The van der Waals surface area contributed by atoms with E-state index in [-0.39, 0.29) is 48.1 Å². The SMILES string of the molecule is CCCC(C)OC(=O)C(C)N[P@](=O)(OC[C@]1(COC(=O)C(C)C)C/C1=C/n1cnc2c(=O)[nH]c(N)nc21)Oc1ccccc1. The van der Waals surface area contributed by atoms with Crippen LogP contribution in [0.15, 0.2) is 47.0 Å². The quantitative estimate of drug-likeness (QED) is 0.162. The van der Waals surface area contributed by atoms with Crippen molar-refractivity contribution in [2.24, 2.45) is 11.3 Å². The number of carbonyl (C=O) groups is 2. The molecule has 2 heterocycles. The number of hydrogen-bond donors (Lipinski definition) is 3. The fraction of sp³-hybridized carbons (Fsp3) is 0.483. The zero-order valence-corrected chi connectivity index (χ0v) is 26.3. The van der Waals surface area contributed by atoms with Crippen LogP contribution < -0.4 is 20.9 Å². The molecule has 238 valence electrons. The molecule has 4 atom stereocenters. The summed E-state index contributed by atoms with van der Waals surface area (Å²) in [4.78, 5) is 48.1. The van der Waals surface area contributed by atoms with E-state index in [1.165, 1.54) is 17.8 Å². The molecule has 1 aromatic carbocycles. The van der Waals surface area contributed by atoms with Gasteiger partial charge in [-0.2, -0.15) is 10.1 Å². The standard InChI is InChI=1S/C29H39N6O8P/c1-6-10-19(4)42-27(38)20(5)34-44(39,43-22-11-8-7-9-12-22)41-16-29(15-40-26(37)18(2)3)13-21(29)14-35-17-31-23-24(35)32-28(30)33-25(23)36/h7-9,11-12,14,17-20H,6,10,13,15-16H2,1-5H3,(H,34,39)(H3,30,32,33,36)/b21-14-/t19?,20?,29-,44+/m1/s1. The number of nitrogen functional groups attached to an aromatic ring is 1. The van der Waals surface area contributed by atoms with Crippen molar-refractivity contribution in [3.63, 3.8) is 0 Å². The summed E-state index contributed by atoms with van der Waals surface area (Å²) in [6.45, 7) is 8.45. The van der Waals surface area contributed by atoms with E-state index in [1.54, 1.807) is 57.3 Å². The third-order valence-electron chi connectivity index (χ3n) is 6.99. The summed E-state index contributed by atoms with van der Waals surface area (Å²) in [5.41, 5.74) is 5.46. The summed E-state index contributed by atoms with van der Waals surface area (Å²) < 4.78 is 38.5. The monoisotopic (exact) mass is 630 g/mol. The van der Waals surface area contributed by atoms with Gasteiger partial charge in [0.1, 0.15) is 24.7 Å². The number of ether oxygens (including phenoxy) is 2. The minimum Gasteiger partial charge on any atom is -0.464 e. The highest BCUT2D eigenvalue weighted by Gasteiger charge is 2.52. The normalized spacial score (nSPS) is 19.8. The molecule has 4 N–H and O–H groups in total. The van der Waals surface area contributed by atoms with Gasteiger partial charge in [-0.15, -0.1) is 0 Å². The van der Waals surface area contributed by atoms with Crippen LogP contribution in [0.1, 0.15) is 53.9 Å². The predicted molar refractivity (Wildman–Crippen MR) is 163 cm³/mol. The van der Waals surface area contributed by atoms with Crippen molar-refractivity contribution >= 4 is 43.0 Å². The molecule has 4 rings (SSSR count). The number of fused-ring (bicyclic) bond motifs is 1. The lowest BCUT2D eigenvalue weighted by molar-refractivity contribution is -0.151. The molecule has 15 heteroatoms. The Morgan fingerprint density at radius 3 is 2.59 bits per heavy atom. The smallest absolute Gasteiger partial charge is 0.459 e. The first-order valence-electron chi connectivity index (χ1n) is 14.4. The highest BCUT2D eigenvalue weighted by atomic mass is 31.2. The van der Waals surface area contributed by atoms with E-state index >= 15 is 0 Å². The summed E-state index contributed by atoms with van der Waals surface area (Å²) >= 11 is 0. The van der Waals surface area contributed by atoms with Gasteiger partial charge in [0.2, 0.25) is 5.95 Å². The van der Waals surface area contributed by atoms with Crippen LogP contribution in [0.4, 0.5) is 5.95 Å². The number of nitrogens with zero attached hydrogens (tertiary/aromatic N) is 3. The lowest BCUT2D eigenvalue weighted by atomic mass is 10.1. The number of carbonyl (C=O) groups excluding carboxylic acids is 2. The van der Waals surface area contributed by atoms with Crippen LogP contribution in [0.5, 0.6) is 5.75 Å². The average Bonchev–Trinajstić information content (AvgIpc) is 3.50. The van der Waals surface area contributed by atoms with Crippen LogP contribution in [0.25, 0.3) is 17.4 Å². The first-order chi connectivity index (χ1) is 20.8. The van der Waals surface area contributed by atoms with E-state index in [0.29, 0.717) is 12.8 Å². The highest BCUT2D eigenvalue weighted by molar-refractivity contribution is 7.52. The van der Waals surface area contributed by atoms with Crippen molar-refractivity contribution in [1.82, 2.24) is 24.6 Å². The van der Waals surface area contributed by atoms with Gasteiger partial charge < -0.3 is 19.7 Å². The lowest BCUT2D eigenvalue weighted by Gasteiger charge is -2.25. The zero-order valence-electron chi connectivity index (χ0n) is 25.4. The van der Waals surface area contributed by atoms with E-state index in [4.69, 9.17) is 24.3 Å². The highest BCUT2D eigenvalue weighted by Crippen LogP contribution is 2.56. The van der Waals surface area contributed by atoms with Crippen molar-refractivity contribution in [2.75, 3.05) is 18.9 Å². The number of para-hydroxylation sites is 1. The number of anilines is 1. The maximum Gasteiger partial charge on any atom is 0.459 e. The van der Waals surface area contributed by atoms with Crippen LogP contribution in [0.3, 0.4) is 0 Å². The Bertz CT molecular complexity index is 1620. The summed E-state index contributed by atoms with van der Waals surface area (Å²) in [6.07, 6.45) is 4.71. The first kappa shape index (κ1) is 32.9. The Morgan fingerprint density at radius 2 is 1.91 bits per heavy atom. The number of nitrogens with one attached hydrogen (secondary N) is 2. The molecule has 0 saturated heterocycles. The molecule has 1 aliphatic rings. The van der Waals surface area contributed by atoms with Gasteiger partial charge in [0.05, 0.1) is 24.0 Å². The average molecular weight is 631 g/mol. The largest absolute Gasteiger partial charge is 0.464 e. The summed E-state index contributed by atoms with van der Waals surface area (Å²) in [5, 5.41) is 2.70. The Kier molecular flexibility index (Phi) is 10.3. The molecule has 2 unspecified atom stereocenters. The number of esters is 2. The molecular formula is C29H39N6O8P. The number of imidazole rings is 1. The van der Waals surface area contributed by atoms with E-state index in [0.717, 1.165) is 12.0 Å². The second-order valence-electron chi connectivity index (χ2n) is 11.2. The van der Waals surface area contributed by atoms with E-state index in [1.807, 2.05) is 6.92 Å². The molecule has 14 nitrogen and oxygen atoms in total. The molecule has 0 amide bonds. The van der Waals surface area contributed by atoms with E-state index in [2.05, 4.69) is 20.0 Å². The van der Waals surface area contributed by atoms with Crippen molar-refractivity contribution in [1.29, 1.82) is 0 Å². The fourth-order valence-corrected chi connectivity index (χ4v) is 5.96. The Hall–Kier alpha value is -4.00. The number of H-pyrrole nitrogens is 1. The predicted octanol–water partition coefficient (Wildman–Crippen LogP) is 4.05. The molecule has 1 aliphatic carbocycles. The van der Waals surface area contributed by atoms with Crippen molar-refractivity contribution < 1.29 is 32.7 Å². The molecule has 0 spiro atoms. The summed E-state index contributed by atoms with van der Waals surface area (Å²) in [5.74, 6) is -1.20. The summed E-state index contributed by atoms with van der Waals surface area (Å²) in [6, 6.07) is 7.38. The number of rotatable bonds is 15. The van der Waals surface area contributed by atoms with Gasteiger partial charge in [0, 0.05) is 6.20 Å². The Labute approximate surface area is 254 Å². The van der Waals surface area contributed by atoms with Gasteiger partial charge in [-0.25, -0.2) is 9.55 Å².